The third-order valence-electron chi connectivity index (χ3n) is 5.96. The minimum absolute atomic E-state index is 0.240. The Bertz CT molecular complexity index is 893. The number of nitrogens with one attached hydrogen (secondary N) is 2. The van der Waals surface area contributed by atoms with Gasteiger partial charge in [-0.15, -0.1) is 0 Å². The van der Waals surface area contributed by atoms with Crippen molar-refractivity contribution in [1.82, 2.24) is 10.2 Å². The summed E-state index contributed by atoms with van der Waals surface area (Å²) in [5.41, 5.74) is 2.45. The van der Waals surface area contributed by atoms with Crippen LogP contribution in [0.25, 0.3) is 0 Å². The molecule has 7 nitrogen and oxygen atoms in total. The van der Waals surface area contributed by atoms with Crippen LogP contribution in [0, 0.1) is 5.92 Å². The normalized spacial score (nSPS) is 14.5. The summed E-state index contributed by atoms with van der Waals surface area (Å²) >= 11 is 0. The highest BCUT2D eigenvalue weighted by molar-refractivity contribution is 5.92. The number of nitrogens with zero attached hydrogens (tertiary/aromatic N) is 1. The molecule has 178 valence electrons. The molecule has 0 spiro atoms. The van der Waals surface area contributed by atoms with Crippen LogP contribution in [0.1, 0.15) is 42.1 Å². The topological polar surface area (TPSA) is 79.9 Å². The van der Waals surface area contributed by atoms with E-state index in [0.717, 1.165) is 38.2 Å². The van der Waals surface area contributed by atoms with Crippen molar-refractivity contribution >= 4 is 17.7 Å². The summed E-state index contributed by atoms with van der Waals surface area (Å²) in [4.78, 5) is 26.3. The van der Waals surface area contributed by atoms with Gasteiger partial charge in [0.15, 0.2) is 0 Å². The molecule has 1 heterocycles. The van der Waals surface area contributed by atoms with Crippen LogP contribution in [0.2, 0.25) is 0 Å². The molecular formula is C26H35N3O4. The van der Waals surface area contributed by atoms with Crippen LogP contribution in [0.4, 0.5) is 10.5 Å². The largest absolute Gasteiger partial charge is 0.497 e. The number of carbonyl (C=O) groups is 2. The molecule has 0 unspecified atom stereocenters. The Morgan fingerprint density at radius 1 is 1.09 bits per heavy atom. The number of urea groups is 1. The van der Waals surface area contributed by atoms with E-state index in [-0.39, 0.29) is 12.0 Å². The van der Waals surface area contributed by atoms with Gasteiger partial charge in [-0.2, -0.15) is 0 Å². The van der Waals surface area contributed by atoms with Crippen molar-refractivity contribution in [2.75, 3.05) is 45.2 Å². The van der Waals surface area contributed by atoms with Gasteiger partial charge in [0, 0.05) is 12.2 Å². The second-order valence-electron chi connectivity index (χ2n) is 8.37. The number of rotatable bonds is 10. The summed E-state index contributed by atoms with van der Waals surface area (Å²) < 4.78 is 10.3. The molecule has 2 aromatic rings. The molecule has 0 aliphatic carbocycles. The van der Waals surface area contributed by atoms with Crippen molar-refractivity contribution < 1.29 is 19.1 Å². The van der Waals surface area contributed by atoms with Crippen molar-refractivity contribution in [1.29, 1.82) is 0 Å². The van der Waals surface area contributed by atoms with Gasteiger partial charge < -0.3 is 25.0 Å². The molecule has 0 saturated carbocycles. The van der Waals surface area contributed by atoms with E-state index in [9.17, 15) is 9.59 Å². The Morgan fingerprint density at radius 3 is 2.55 bits per heavy atom. The number of esters is 1. The monoisotopic (exact) mass is 453 g/mol. The van der Waals surface area contributed by atoms with Gasteiger partial charge in [0.1, 0.15) is 5.75 Å². The number of amides is 2. The lowest BCUT2D eigenvalue weighted by Gasteiger charge is -2.32. The smallest absolute Gasteiger partial charge is 0.338 e. The molecule has 0 bridgehead atoms. The molecule has 1 aliphatic rings. The summed E-state index contributed by atoms with van der Waals surface area (Å²) in [6.07, 6.45) is 4.42. The van der Waals surface area contributed by atoms with E-state index in [2.05, 4.69) is 33.7 Å². The summed E-state index contributed by atoms with van der Waals surface area (Å²) in [5, 5.41) is 5.69. The van der Waals surface area contributed by atoms with E-state index in [4.69, 9.17) is 9.47 Å². The number of hydrogen-bond donors (Lipinski definition) is 2. The number of benzene rings is 2. The van der Waals surface area contributed by atoms with Crippen molar-refractivity contribution in [3.05, 3.63) is 59.7 Å². The summed E-state index contributed by atoms with van der Waals surface area (Å²) in [7, 11) is 1.71. The first-order valence-electron chi connectivity index (χ1n) is 11.7. The molecule has 3 rings (SSSR count). The molecule has 1 aliphatic heterocycles. The fourth-order valence-corrected chi connectivity index (χ4v) is 4.13. The van der Waals surface area contributed by atoms with E-state index in [1.165, 1.54) is 18.4 Å². The third kappa shape index (κ3) is 8.09. The molecule has 2 N–H and O–H groups in total. The van der Waals surface area contributed by atoms with Crippen molar-refractivity contribution in [2.24, 2.45) is 5.92 Å². The molecule has 0 aromatic heterocycles. The molecule has 33 heavy (non-hydrogen) atoms. The SMILES string of the molecule is CCOC(=O)c1ccc(NC(=O)NCCCN2CCC(Cc3cccc(OC)c3)CC2)cc1. The number of hydrogen-bond acceptors (Lipinski definition) is 5. The van der Waals surface area contributed by atoms with E-state index < -0.39 is 0 Å². The first kappa shape index (κ1) is 24.6. The molecule has 2 amide bonds. The molecular weight excluding hydrogens is 418 g/mol. The van der Waals surface area contributed by atoms with Crippen LogP contribution in [0.5, 0.6) is 5.75 Å². The van der Waals surface area contributed by atoms with Gasteiger partial charge in [-0.05, 0) is 100 Å². The molecule has 0 atom stereocenters. The average Bonchev–Trinajstić information content (AvgIpc) is 2.83. The van der Waals surface area contributed by atoms with E-state index >= 15 is 0 Å². The zero-order valence-corrected chi connectivity index (χ0v) is 19.6. The van der Waals surface area contributed by atoms with Gasteiger partial charge in [0.2, 0.25) is 0 Å². The number of anilines is 1. The van der Waals surface area contributed by atoms with Gasteiger partial charge in [0.05, 0.1) is 19.3 Å². The molecule has 1 saturated heterocycles. The fourth-order valence-electron chi connectivity index (χ4n) is 4.13. The Morgan fingerprint density at radius 2 is 1.85 bits per heavy atom. The number of carbonyl (C=O) groups excluding carboxylic acids is 2. The number of methoxy groups -OCH3 is 1. The zero-order chi connectivity index (χ0) is 23.5. The quantitative estimate of drug-likeness (QED) is 0.413. The average molecular weight is 454 g/mol. The van der Waals surface area contributed by atoms with Crippen molar-refractivity contribution in [3.63, 3.8) is 0 Å². The highest BCUT2D eigenvalue weighted by atomic mass is 16.5. The highest BCUT2D eigenvalue weighted by Gasteiger charge is 2.19. The lowest BCUT2D eigenvalue weighted by molar-refractivity contribution is 0.0526. The van der Waals surface area contributed by atoms with E-state index in [1.807, 2.05) is 6.07 Å². The predicted molar refractivity (Wildman–Crippen MR) is 130 cm³/mol. The predicted octanol–water partition coefficient (Wildman–Crippen LogP) is 4.34. The maximum absolute atomic E-state index is 12.1. The molecule has 2 aromatic carbocycles. The second kappa shape index (κ2) is 12.8. The Kier molecular flexibility index (Phi) is 9.57. The first-order chi connectivity index (χ1) is 16.1. The van der Waals surface area contributed by atoms with E-state index in [0.29, 0.717) is 30.3 Å². The number of piperidine rings is 1. The number of ether oxygens (including phenoxy) is 2. The lowest BCUT2D eigenvalue weighted by Crippen LogP contribution is -2.37. The second-order valence-corrected chi connectivity index (χ2v) is 8.37. The third-order valence-corrected chi connectivity index (χ3v) is 5.96. The first-order valence-corrected chi connectivity index (χ1v) is 11.7. The summed E-state index contributed by atoms with van der Waals surface area (Å²) in [5.74, 6) is 1.28. The Balaban J connectivity index is 1.29. The van der Waals surface area contributed by atoms with Crippen LogP contribution < -0.4 is 15.4 Å². The maximum Gasteiger partial charge on any atom is 0.338 e. The van der Waals surface area contributed by atoms with Crippen molar-refractivity contribution in [2.45, 2.75) is 32.6 Å². The van der Waals surface area contributed by atoms with Crippen LogP contribution in [0.3, 0.4) is 0 Å². The zero-order valence-electron chi connectivity index (χ0n) is 19.6. The molecule has 1 fully saturated rings. The molecule has 0 radical (unpaired) electrons. The van der Waals surface area contributed by atoms with Crippen LogP contribution >= 0.6 is 0 Å². The minimum Gasteiger partial charge on any atom is -0.497 e. The standard InChI is InChI=1S/C26H35N3O4/c1-3-33-25(30)22-8-10-23(11-9-22)28-26(31)27-14-5-15-29-16-12-20(13-17-29)18-21-6-4-7-24(19-21)32-2/h4,6-11,19-20H,3,5,12-18H2,1-2H3,(H2,27,28,31). The highest BCUT2D eigenvalue weighted by Crippen LogP contribution is 2.23. The van der Waals surface area contributed by atoms with Crippen molar-refractivity contribution in [3.8, 4) is 5.75 Å². The van der Waals surface area contributed by atoms with Crippen LogP contribution in [-0.2, 0) is 11.2 Å². The van der Waals surface area contributed by atoms with Crippen LogP contribution in [-0.4, -0.2) is 56.8 Å². The van der Waals surface area contributed by atoms with E-state index in [1.54, 1.807) is 38.3 Å². The summed E-state index contributed by atoms with van der Waals surface area (Å²) in [6.45, 7) is 5.92. The lowest BCUT2D eigenvalue weighted by atomic mass is 9.90. The van der Waals surface area contributed by atoms with Gasteiger partial charge in [-0.3, -0.25) is 0 Å². The van der Waals surface area contributed by atoms with Crippen LogP contribution in [0.15, 0.2) is 48.5 Å². The Labute approximate surface area is 196 Å². The van der Waals surface area contributed by atoms with Gasteiger partial charge in [-0.25, -0.2) is 9.59 Å². The van der Waals surface area contributed by atoms with Gasteiger partial charge >= 0.3 is 12.0 Å². The molecule has 7 heteroatoms. The number of likely N-dealkylation sites (tertiary alicyclic amines) is 1. The summed E-state index contributed by atoms with van der Waals surface area (Å²) in [6, 6.07) is 14.8. The Hall–Kier alpha value is -3.06. The maximum atomic E-state index is 12.1. The van der Waals surface area contributed by atoms with Gasteiger partial charge in [0.25, 0.3) is 0 Å². The van der Waals surface area contributed by atoms with Gasteiger partial charge in [-0.1, -0.05) is 12.1 Å². The fraction of sp³-hybridized carbons (Fsp3) is 0.462. The minimum atomic E-state index is -0.363.